The Bertz CT molecular complexity index is 500. The highest BCUT2D eigenvalue weighted by atomic mass is 32.1. The van der Waals surface area contributed by atoms with Crippen molar-refractivity contribution in [2.75, 3.05) is 19.8 Å². The Kier molecular flexibility index (Phi) is 7.93. The fraction of sp³-hybridized carbons (Fsp3) is 0.500. The summed E-state index contributed by atoms with van der Waals surface area (Å²) >= 11 is 5.19. The number of rotatable bonds is 7. The molecule has 0 unspecified atom stereocenters. The Morgan fingerprint density at radius 2 is 2.10 bits per heavy atom. The smallest absolute Gasteiger partial charge is 0.186 e. The summed E-state index contributed by atoms with van der Waals surface area (Å²) in [7, 11) is 0. The lowest BCUT2D eigenvalue weighted by Gasteiger charge is -2.09. The van der Waals surface area contributed by atoms with Gasteiger partial charge in [-0.2, -0.15) is 5.10 Å². The molecule has 4 nitrogen and oxygen atoms in total. The third kappa shape index (κ3) is 6.69. The Hall–Kier alpha value is -1.46. The summed E-state index contributed by atoms with van der Waals surface area (Å²) in [5.74, 6) is 0. The summed E-state index contributed by atoms with van der Waals surface area (Å²) in [6, 6.07) is 6.34. The van der Waals surface area contributed by atoms with E-state index in [9.17, 15) is 0 Å². The second-order valence-corrected chi connectivity index (χ2v) is 5.34. The van der Waals surface area contributed by atoms with Crippen LogP contribution in [0.25, 0.3) is 0 Å². The molecule has 0 fully saturated rings. The molecule has 0 saturated heterocycles. The van der Waals surface area contributed by atoms with E-state index in [2.05, 4.69) is 47.9 Å². The second kappa shape index (κ2) is 9.47. The molecule has 0 bridgehead atoms. The van der Waals surface area contributed by atoms with Crippen LogP contribution in [0.5, 0.6) is 0 Å². The van der Waals surface area contributed by atoms with Crippen molar-refractivity contribution in [3.8, 4) is 0 Å². The van der Waals surface area contributed by atoms with Gasteiger partial charge in [0.05, 0.1) is 5.71 Å². The first-order valence-corrected chi connectivity index (χ1v) is 7.69. The molecule has 0 spiro atoms. The van der Waals surface area contributed by atoms with E-state index >= 15 is 0 Å². The Balaban J connectivity index is 2.44. The van der Waals surface area contributed by atoms with Gasteiger partial charge in [0.1, 0.15) is 0 Å². The maximum atomic E-state index is 5.26. The van der Waals surface area contributed by atoms with Crippen molar-refractivity contribution in [3.63, 3.8) is 0 Å². The lowest BCUT2D eigenvalue weighted by molar-refractivity contribution is 0.145. The second-order valence-electron chi connectivity index (χ2n) is 4.93. The molecule has 2 N–H and O–H groups in total. The van der Waals surface area contributed by atoms with E-state index in [4.69, 9.17) is 17.0 Å². The van der Waals surface area contributed by atoms with Gasteiger partial charge >= 0.3 is 0 Å². The lowest BCUT2D eigenvalue weighted by atomic mass is 10.0. The first-order valence-electron chi connectivity index (χ1n) is 7.28. The van der Waals surface area contributed by atoms with Gasteiger partial charge < -0.3 is 10.1 Å². The summed E-state index contributed by atoms with van der Waals surface area (Å²) in [6.45, 7) is 10.4. The number of nitrogens with one attached hydrogen (secondary N) is 2. The minimum Gasteiger partial charge on any atom is -0.382 e. The molecule has 5 heteroatoms. The van der Waals surface area contributed by atoms with Crippen LogP contribution in [0.1, 0.15) is 37.0 Å². The van der Waals surface area contributed by atoms with Crippen molar-refractivity contribution in [2.24, 2.45) is 5.10 Å². The predicted molar refractivity (Wildman–Crippen MR) is 93.0 cm³/mol. The maximum absolute atomic E-state index is 5.26. The van der Waals surface area contributed by atoms with E-state index in [1.165, 1.54) is 11.1 Å². The van der Waals surface area contributed by atoms with Crippen molar-refractivity contribution in [1.29, 1.82) is 0 Å². The first-order chi connectivity index (χ1) is 10.0. The molecule has 0 aliphatic heterocycles. The Morgan fingerprint density at radius 3 is 2.81 bits per heavy atom. The molecule has 0 radical (unpaired) electrons. The van der Waals surface area contributed by atoms with Crippen LogP contribution in [0.3, 0.4) is 0 Å². The number of hydrogen-bond acceptors (Lipinski definition) is 3. The molecule has 0 atom stereocenters. The zero-order chi connectivity index (χ0) is 15.7. The van der Waals surface area contributed by atoms with Crippen molar-refractivity contribution >= 4 is 23.0 Å². The van der Waals surface area contributed by atoms with Crippen molar-refractivity contribution in [3.05, 3.63) is 34.9 Å². The van der Waals surface area contributed by atoms with Crippen LogP contribution in [0.4, 0.5) is 0 Å². The van der Waals surface area contributed by atoms with E-state index in [0.29, 0.717) is 5.11 Å². The van der Waals surface area contributed by atoms with Crippen LogP contribution < -0.4 is 10.7 Å². The monoisotopic (exact) mass is 307 g/mol. The van der Waals surface area contributed by atoms with Crippen LogP contribution >= 0.6 is 12.2 Å². The summed E-state index contributed by atoms with van der Waals surface area (Å²) in [5, 5.41) is 7.99. The number of hydrogen-bond donors (Lipinski definition) is 2. The minimum absolute atomic E-state index is 0.538. The van der Waals surface area contributed by atoms with Gasteiger partial charge in [-0.3, -0.25) is 5.43 Å². The molecule has 0 saturated carbocycles. The number of nitrogens with zero attached hydrogens (tertiary/aromatic N) is 1. The van der Waals surface area contributed by atoms with Crippen molar-refractivity contribution < 1.29 is 4.74 Å². The number of benzene rings is 1. The van der Waals surface area contributed by atoms with Gasteiger partial charge in [0.25, 0.3) is 0 Å². The topological polar surface area (TPSA) is 45.6 Å². The third-order valence-electron chi connectivity index (χ3n) is 3.06. The highest BCUT2D eigenvalue weighted by Crippen LogP contribution is 2.11. The molecule has 116 valence electrons. The zero-order valence-corrected chi connectivity index (χ0v) is 14.1. The third-order valence-corrected chi connectivity index (χ3v) is 3.30. The van der Waals surface area contributed by atoms with E-state index in [1.54, 1.807) is 0 Å². The largest absolute Gasteiger partial charge is 0.382 e. The standard InChI is InChI=1S/C16H25N3OS/c1-5-20-10-6-9-17-16(21)19-18-14(4)15-11-12(2)7-8-13(15)3/h7-8,11H,5-6,9-10H2,1-4H3,(H2,17,19,21)/b18-14-. The summed E-state index contributed by atoms with van der Waals surface area (Å²) in [6.07, 6.45) is 0.926. The van der Waals surface area contributed by atoms with Gasteiger partial charge in [-0.1, -0.05) is 17.7 Å². The molecular weight excluding hydrogens is 282 g/mol. The van der Waals surface area contributed by atoms with Gasteiger partial charge in [0.15, 0.2) is 5.11 Å². The predicted octanol–water partition coefficient (Wildman–Crippen LogP) is 2.92. The van der Waals surface area contributed by atoms with Crippen molar-refractivity contribution in [1.82, 2.24) is 10.7 Å². The van der Waals surface area contributed by atoms with Crippen LogP contribution in [0.15, 0.2) is 23.3 Å². The molecule has 21 heavy (non-hydrogen) atoms. The highest BCUT2D eigenvalue weighted by molar-refractivity contribution is 7.80. The van der Waals surface area contributed by atoms with Gasteiger partial charge in [-0.15, -0.1) is 0 Å². The summed E-state index contributed by atoms with van der Waals surface area (Å²) < 4.78 is 5.26. The van der Waals surface area contributed by atoms with E-state index in [0.717, 1.165) is 37.5 Å². The van der Waals surface area contributed by atoms with Crippen LogP contribution in [-0.4, -0.2) is 30.6 Å². The average molecular weight is 307 g/mol. The Morgan fingerprint density at radius 1 is 1.33 bits per heavy atom. The fourth-order valence-corrected chi connectivity index (χ4v) is 2.03. The minimum atomic E-state index is 0.538. The molecule has 0 amide bonds. The van der Waals surface area contributed by atoms with Crippen LogP contribution in [-0.2, 0) is 4.74 Å². The van der Waals surface area contributed by atoms with E-state index < -0.39 is 0 Å². The van der Waals surface area contributed by atoms with Crippen LogP contribution in [0.2, 0.25) is 0 Å². The molecule has 0 heterocycles. The number of aryl methyl sites for hydroxylation is 2. The average Bonchev–Trinajstić information content (AvgIpc) is 2.47. The number of thiocarbonyl (C=S) groups is 1. The van der Waals surface area contributed by atoms with E-state index in [1.807, 2.05) is 13.8 Å². The Labute approximate surface area is 133 Å². The lowest BCUT2D eigenvalue weighted by Crippen LogP contribution is -2.33. The maximum Gasteiger partial charge on any atom is 0.186 e. The quantitative estimate of drug-likeness (QED) is 0.352. The van der Waals surface area contributed by atoms with Crippen molar-refractivity contribution in [2.45, 2.75) is 34.1 Å². The molecule has 0 aromatic heterocycles. The SMILES string of the molecule is CCOCCCNC(=S)N/N=C(/C)c1cc(C)ccc1C. The van der Waals surface area contributed by atoms with Gasteiger partial charge in [-0.05, 0) is 58.0 Å². The number of hydrazone groups is 1. The molecule has 1 rings (SSSR count). The van der Waals surface area contributed by atoms with Crippen LogP contribution in [0, 0.1) is 13.8 Å². The molecular formula is C16H25N3OS. The van der Waals surface area contributed by atoms with E-state index in [-0.39, 0.29) is 0 Å². The van der Waals surface area contributed by atoms with Gasteiger partial charge in [-0.25, -0.2) is 0 Å². The summed E-state index contributed by atoms with van der Waals surface area (Å²) in [4.78, 5) is 0. The first kappa shape index (κ1) is 17.6. The number of ether oxygens (including phenoxy) is 1. The van der Waals surface area contributed by atoms with Gasteiger partial charge in [0, 0.05) is 25.3 Å². The molecule has 1 aromatic carbocycles. The summed E-state index contributed by atoms with van der Waals surface area (Å²) in [5.41, 5.74) is 7.38. The zero-order valence-electron chi connectivity index (χ0n) is 13.3. The molecule has 0 aliphatic rings. The fourth-order valence-electron chi connectivity index (χ4n) is 1.88. The highest BCUT2D eigenvalue weighted by Gasteiger charge is 2.03. The van der Waals surface area contributed by atoms with Gasteiger partial charge in [0.2, 0.25) is 0 Å². The molecule has 0 aliphatic carbocycles. The normalized spacial score (nSPS) is 11.3. The molecule has 1 aromatic rings.